The van der Waals surface area contributed by atoms with Gasteiger partial charge in [-0.3, -0.25) is 0 Å². The highest BCUT2D eigenvalue weighted by Crippen LogP contribution is 2.36. The van der Waals surface area contributed by atoms with E-state index in [0.717, 1.165) is 6.42 Å². The minimum atomic E-state index is 0.452. The second-order valence-corrected chi connectivity index (χ2v) is 6.49. The van der Waals surface area contributed by atoms with Gasteiger partial charge in [-0.05, 0) is 29.2 Å². The van der Waals surface area contributed by atoms with Crippen LogP contribution in [0, 0.1) is 0 Å². The first-order valence-corrected chi connectivity index (χ1v) is 7.81. The molecule has 2 heteroatoms. The Bertz CT molecular complexity index is 964. The number of hydrogen-bond donors (Lipinski definition) is 1. The Hall–Kier alpha value is -2.06. The number of fused-ring (bicyclic) bond motifs is 6. The SMILES string of the molecule is C1=c2c(sc3ccccc23)=C2c3ccccc3NC2C1. The summed E-state index contributed by atoms with van der Waals surface area (Å²) in [5.74, 6) is 0. The molecule has 3 aromatic rings. The van der Waals surface area contributed by atoms with E-state index < -0.39 is 0 Å². The molecule has 1 aliphatic heterocycles. The molecule has 1 atom stereocenters. The average Bonchev–Trinajstić information content (AvgIpc) is 3.04. The van der Waals surface area contributed by atoms with Crippen molar-refractivity contribution in [1.82, 2.24) is 0 Å². The van der Waals surface area contributed by atoms with Crippen LogP contribution in [-0.4, -0.2) is 6.04 Å². The molecular weight excluding hydrogens is 262 g/mol. The maximum Gasteiger partial charge on any atom is 0.0569 e. The van der Waals surface area contributed by atoms with Gasteiger partial charge in [0.05, 0.1) is 6.04 Å². The monoisotopic (exact) mass is 275 g/mol. The molecular formula is C18H13NS. The van der Waals surface area contributed by atoms with Crippen LogP contribution in [0.1, 0.15) is 12.0 Å². The lowest BCUT2D eigenvalue weighted by Crippen LogP contribution is -2.32. The topological polar surface area (TPSA) is 12.0 Å². The molecule has 1 aliphatic carbocycles. The summed E-state index contributed by atoms with van der Waals surface area (Å²) >= 11 is 1.93. The number of rotatable bonds is 0. The summed E-state index contributed by atoms with van der Waals surface area (Å²) in [6.07, 6.45) is 3.49. The lowest BCUT2D eigenvalue weighted by molar-refractivity contribution is 0.955. The van der Waals surface area contributed by atoms with E-state index in [2.05, 4.69) is 59.9 Å². The minimum absolute atomic E-state index is 0.452. The largest absolute Gasteiger partial charge is 0.377 e. The van der Waals surface area contributed by atoms with E-state index in [1.165, 1.54) is 36.7 Å². The number of hydrogen-bond acceptors (Lipinski definition) is 2. The van der Waals surface area contributed by atoms with Gasteiger partial charge >= 0.3 is 0 Å². The van der Waals surface area contributed by atoms with Crippen LogP contribution in [0.5, 0.6) is 0 Å². The number of anilines is 1. The summed E-state index contributed by atoms with van der Waals surface area (Å²) in [4.78, 5) is 0. The number of para-hydroxylation sites is 1. The number of benzene rings is 2. The third-order valence-electron chi connectivity index (χ3n) is 4.33. The molecule has 0 spiro atoms. The molecule has 2 aliphatic rings. The Morgan fingerprint density at radius 3 is 2.85 bits per heavy atom. The summed E-state index contributed by atoms with van der Waals surface area (Å²) in [6.45, 7) is 0. The van der Waals surface area contributed by atoms with Crippen LogP contribution in [0.3, 0.4) is 0 Å². The van der Waals surface area contributed by atoms with Crippen molar-refractivity contribution in [2.45, 2.75) is 12.5 Å². The fraction of sp³-hybridized carbons (Fsp3) is 0.111. The van der Waals surface area contributed by atoms with Crippen LogP contribution in [0.25, 0.3) is 21.7 Å². The van der Waals surface area contributed by atoms with E-state index in [1.807, 2.05) is 11.3 Å². The maximum absolute atomic E-state index is 3.66. The maximum atomic E-state index is 3.66. The molecule has 1 N–H and O–H groups in total. The molecule has 1 aromatic heterocycles. The molecule has 96 valence electrons. The zero-order chi connectivity index (χ0) is 13.1. The fourth-order valence-corrected chi connectivity index (χ4v) is 4.77. The average molecular weight is 275 g/mol. The molecule has 2 aromatic carbocycles. The highest BCUT2D eigenvalue weighted by molar-refractivity contribution is 7.17. The lowest BCUT2D eigenvalue weighted by Gasteiger charge is -2.13. The summed E-state index contributed by atoms with van der Waals surface area (Å²) in [7, 11) is 0. The van der Waals surface area contributed by atoms with Gasteiger partial charge < -0.3 is 5.32 Å². The third kappa shape index (κ3) is 1.27. The Morgan fingerprint density at radius 2 is 1.85 bits per heavy atom. The summed E-state index contributed by atoms with van der Waals surface area (Å²) in [6, 6.07) is 17.9. The van der Waals surface area contributed by atoms with Crippen LogP contribution in [0.15, 0.2) is 48.5 Å². The Kier molecular flexibility index (Phi) is 2.00. The van der Waals surface area contributed by atoms with Crippen molar-refractivity contribution in [2.75, 3.05) is 5.32 Å². The van der Waals surface area contributed by atoms with Crippen molar-refractivity contribution in [3.8, 4) is 0 Å². The third-order valence-corrected chi connectivity index (χ3v) is 5.55. The van der Waals surface area contributed by atoms with Crippen LogP contribution < -0.4 is 15.1 Å². The van der Waals surface area contributed by atoms with Gasteiger partial charge in [-0.25, -0.2) is 0 Å². The van der Waals surface area contributed by atoms with E-state index in [4.69, 9.17) is 0 Å². The van der Waals surface area contributed by atoms with E-state index >= 15 is 0 Å². The van der Waals surface area contributed by atoms with Crippen molar-refractivity contribution in [3.05, 3.63) is 63.8 Å². The minimum Gasteiger partial charge on any atom is -0.377 e. The molecule has 0 saturated heterocycles. The quantitative estimate of drug-likeness (QED) is 0.665. The molecule has 0 bridgehead atoms. The predicted octanol–water partition coefficient (Wildman–Crippen LogP) is 3.08. The smallest absolute Gasteiger partial charge is 0.0569 e. The van der Waals surface area contributed by atoms with Gasteiger partial charge in [0.1, 0.15) is 0 Å². The molecule has 0 fully saturated rings. The predicted molar refractivity (Wildman–Crippen MR) is 86.5 cm³/mol. The number of thiophene rings is 1. The molecule has 0 radical (unpaired) electrons. The van der Waals surface area contributed by atoms with Crippen molar-refractivity contribution < 1.29 is 0 Å². The van der Waals surface area contributed by atoms with Crippen molar-refractivity contribution in [1.29, 1.82) is 0 Å². The van der Waals surface area contributed by atoms with Gasteiger partial charge in [-0.2, -0.15) is 0 Å². The first-order valence-electron chi connectivity index (χ1n) is 7.00. The zero-order valence-corrected chi connectivity index (χ0v) is 11.7. The standard InChI is InChI=1S/C18H13NS/c1-3-7-14-13(6-1)17-15(19-14)10-9-12-11-5-2-4-8-16(11)20-18(12)17/h1-9,15,19H,10H2. The fourth-order valence-electron chi connectivity index (χ4n) is 3.45. The molecule has 2 heterocycles. The highest BCUT2D eigenvalue weighted by Gasteiger charge is 2.28. The Labute approximate surface area is 120 Å². The summed E-state index contributed by atoms with van der Waals surface area (Å²) in [5.41, 5.74) is 4.17. The summed E-state index contributed by atoms with van der Waals surface area (Å²) < 4.78 is 2.85. The summed E-state index contributed by atoms with van der Waals surface area (Å²) in [5, 5.41) is 6.51. The van der Waals surface area contributed by atoms with Gasteiger partial charge in [-0.1, -0.05) is 42.5 Å². The Balaban J connectivity index is 2.00. The van der Waals surface area contributed by atoms with E-state index in [0.29, 0.717) is 6.04 Å². The van der Waals surface area contributed by atoms with Gasteiger partial charge in [0.25, 0.3) is 0 Å². The highest BCUT2D eigenvalue weighted by atomic mass is 32.1. The van der Waals surface area contributed by atoms with Gasteiger partial charge in [0, 0.05) is 26.1 Å². The molecule has 5 rings (SSSR count). The number of nitrogens with one attached hydrogen (secondary N) is 1. The molecule has 1 unspecified atom stereocenters. The molecule has 20 heavy (non-hydrogen) atoms. The second-order valence-electron chi connectivity index (χ2n) is 5.44. The van der Waals surface area contributed by atoms with Gasteiger partial charge in [-0.15, -0.1) is 11.3 Å². The van der Waals surface area contributed by atoms with Crippen LogP contribution >= 0.6 is 11.3 Å². The molecule has 1 nitrogen and oxygen atoms in total. The second kappa shape index (κ2) is 3.74. The van der Waals surface area contributed by atoms with E-state index in [9.17, 15) is 0 Å². The van der Waals surface area contributed by atoms with E-state index in [-0.39, 0.29) is 0 Å². The lowest BCUT2D eigenvalue weighted by atomic mass is 9.96. The van der Waals surface area contributed by atoms with Crippen LogP contribution in [0.2, 0.25) is 0 Å². The van der Waals surface area contributed by atoms with Crippen LogP contribution in [-0.2, 0) is 0 Å². The first-order chi connectivity index (χ1) is 9.92. The molecule has 0 saturated carbocycles. The van der Waals surface area contributed by atoms with Crippen molar-refractivity contribution >= 4 is 38.8 Å². The Morgan fingerprint density at radius 1 is 1.00 bits per heavy atom. The normalized spacial score (nSPS) is 19.0. The van der Waals surface area contributed by atoms with Gasteiger partial charge in [0.15, 0.2) is 0 Å². The van der Waals surface area contributed by atoms with E-state index in [1.54, 1.807) is 0 Å². The van der Waals surface area contributed by atoms with Crippen molar-refractivity contribution in [2.24, 2.45) is 0 Å². The molecule has 0 amide bonds. The van der Waals surface area contributed by atoms with Crippen LogP contribution in [0.4, 0.5) is 5.69 Å². The zero-order valence-electron chi connectivity index (χ0n) is 10.9. The van der Waals surface area contributed by atoms with Gasteiger partial charge in [0.2, 0.25) is 0 Å². The first kappa shape index (κ1) is 10.7. The van der Waals surface area contributed by atoms with Crippen molar-refractivity contribution in [3.63, 3.8) is 0 Å².